The molecule has 1 aromatic rings. The number of amides is 1. The van der Waals surface area contributed by atoms with Crippen molar-refractivity contribution >= 4 is 35.0 Å². The van der Waals surface area contributed by atoms with Gasteiger partial charge in [0, 0.05) is 6.54 Å². The zero-order chi connectivity index (χ0) is 12.0. The molecule has 0 saturated carbocycles. The van der Waals surface area contributed by atoms with Crippen LogP contribution in [0.2, 0.25) is 5.15 Å². The molecule has 0 saturated heterocycles. The van der Waals surface area contributed by atoms with Crippen LogP contribution in [0.25, 0.3) is 0 Å². The number of carbonyl (C=O) groups excluding carboxylic acids is 1. The van der Waals surface area contributed by atoms with Crippen LogP contribution in [-0.2, 0) is 0 Å². The van der Waals surface area contributed by atoms with Crippen LogP contribution in [0.3, 0.4) is 0 Å². The smallest absolute Gasteiger partial charge is 0.254 e. The zero-order valence-electron chi connectivity index (χ0n) is 9.00. The Morgan fingerprint density at radius 3 is 3.12 bits per heavy atom. The van der Waals surface area contributed by atoms with Crippen molar-refractivity contribution in [3.8, 4) is 0 Å². The molecule has 4 nitrogen and oxygen atoms in total. The minimum absolute atomic E-state index is 0.177. The molecule has 0 bridgehead atoms. The lowest BCUT2D eigenvalue weighted by molar-refractivity contribution is 0.0953. The summed E-state index contributed by atoms with van der Waals surface area (Å²) in [4.78, 5) is 15.5. The molecule has 1 rings (SSSR count). The summed E-state index contributed by atoms with van der Waals surface area (Å²) in [7, 11) is 0. The average Bonchev–Trinajstić information content (AvgIpc) is 2.27. The van der Waals surface area contributed by atoms with Gasteiger partial charge in [-0.25, -0.2) is 4.98 Å². The first-order chi connectivity index (χ1) is 7.65. The Labute approximate surface area is 104 Å². The third-order valence-electron chi connectivity index (χ3n) is 1.92. The minimum Gasteiger partial charge on any atom is -0.397 e. The van der Waals surface area contributed by atoms with Crippen LogP contribution < -0.4 is 11.1 Å². The molecule has 1 amide bonds. The second-order valence-electron chi connectivity index (χ2n) is 3.21. The lowest BCUT2D eigenvalue weighted by Gasteiger charge is -2.06. The Hall–Kier alpha value is -0.940. The summed E-state index contributed by atoms with van der Waals surface area (Å²) in [5.41, 5.74) is 6.29. The predicted octanol–water partition coefficient (Wildman–Crippen LogP) is 1.80. The van der Waals surface area contributed by atoms with Crippen molar-refractivity contribution in [3.63, 3.8) is 0 Å². The maximum absolute atomic E-state index is 11.7. The van der Waals surface area contributed by atoms with Crippen molar-refractivity contribution in [1.82, 2.24) is 10.3 Å². The van der Waals surface area contributed by atoms with Crippen LogP contribution in [0.4, 0.5) is 5.69 Å². The van der Waals surface area contributed by atoms with Crippen molar-refractivity contribution in [1.29, 1.82) is 0 Å². The number of rotatable bonds is 5. The van der Waals surface area contributed by atoms with Gasteiger partial charge in [-0.15, -0.1) is 0 Å². The predicted molar refractivity (Wildman–Crippen MR) is 69.0 cm³/mol. The molecule has 6 heteroatoms. The van der Waals surface area contributed by atoms with Crippen molar-refractivity contribution in [2.45, 2.75) is 6.42 Å². The number of carbonyl (C=O) groups is 1. The number of nitrogens with two attached hydrogens (primary N) is 1. The summed E-state index contributed by atoms with van der Waals surface area (Å²) >= 11 is 7.54. The van der Waals surface area contributed by atoms with Gasteiger partial charge in [0.25, 0.3) is 5.91 Å². The second kappa shape index (κ2) is 6.60. The molecule has 88 valence electrons. The van der Waals surface area contributed by atoms with E-state index in [-0.39, 0.29) is 11.1 Å². The van der Waals surface area contributed by atoms with Crippen molar-refractivity contribution in [2.24, 2.45) is 0 Å². The molecule has 0 aliphatic carbocycles. The fraction of sp³-hybridized carbons (Fsp3) is 0.400. The number of anilines is 1. The van der Waals surface area contributed by atoms with Gasteiger partial charge in [0.1, 0.15) is 5.15 Å². The van der Waals surface area contributed by atoms with E-state index in [0.29, 0.717) is 17.8 Å². The summed E-state index contributed by atoms with van der Waals surface area (Å²) in [6.45, 7) is 0.630. The van der Waals surface area contributed by atoms with Crippen molar-refractivity contribution in [3.05, 3.63) is 23.0 Å². The second-order valence-corrected chi connectivity index (χ2v) is 4.55. The Morgan fingerprint density at radius 2 is 2.44 bits per heavy atom. The number of thioether (sulfide) groups is 1. The molecule has 0 aromatic carbocycles. The van der Waals surface area contributed by atoms with E-state index in [4.69, 9.17) is 17.3 Å². The maximum atomic E-state index is 11.7. The lowest BCUT2D eigenvalue weighted by Crippen LogP contribution is -2.25. The molecule has 1 heterocycles. The number of hydrogen-bond acceptors (Lipinski definition) is 4. The van der Waals surface area contributed by atoms with Gasteiger partial charge < -0.3 is 11.1 Å². The van der Waals surface area contributed by atoms with Crippen LogP contribution >= 0.6 is 23.4 Å². The Balaban J connectivity index is 2.55. The molecule has 0 aliphatic rings. The molecule has 1 aromatic heterocycles. The highest BCUT2D eigenvalue weighted by Gasteiger charge is 2.10. The molecule has 3 N–H and O–H groups in total. The van der Waals surface area contributed by atoms with Crippen molar-refractivity contribution < 1.29 is 4.79 Å². The summed E-state index contributed by atoms with van der Waals surface area (Å²) < 4.78 is 0. The number of nitrogen functional groups attached to an aromatic ring is 1. The molecule has 0 atom stereocenters. The molecular weight excluding hydrogens is 246 g/mol. The highest BCUT2D eigenvalue weighted by Crippen LogP contribution is 2.15. The van der Waals surface area contributed by atoms with Gasteiger partial charge >= 0.3 is 0 Å². The Morgan fingerprint density at radius 1 is 1.69 bits per heavy atom. The first kappa shape index (κ1) is 13.1. The van der Waals surface area contributed by atoms with Gasteiger partial charge in [0.2, 0.25) is 0 Å². The first-order valence-corrected chi connectivity index (χ1v) is 6.60. The Kier molecular flexibility index (Phi) is 5.42. The van der Waals surface area contributed by atoms with Gasteiger partial charge in [0.15, 0.2) is 0 Å². The molecule has 0 radical (unpaired) electrons. The van der Waals surface area contributed by atoms with Crippen LogP contribution in [0, 0.1) is 0 Å². The van der Waals surface area contributed by atoms with E-state index in [1.807, 2.05) is 6.26 Å². The van der Waals surface area contributed by atoms with Gasteiger partial charge in [-0.1, -0.05) is 11.6 Å². The normalized spacial score (nSPS) is 10.1. The highest BCUT2D eigenvalue weighted by atomic mass is 35.5. The molecule has 0 fully saturated rings. The number of aromatic nitrogens is 1. The van der Waals surface area contributed by atoms with E-state index >= 15 is 0 Å². The van der Waals surface area contributed by atoms with Gasteiger partial charge in [-0.2, -0.15) is 11.8 Å². The summed E-state index contributed by atoms with van der Waals surface area (Å²) in [6, 6.07) is 1.53. The molecule has 0 spiro atoms. The van der Waals surface area contributed by atoms with Gasteiger partial charge in [0.05, 0.1) is 17.4 Å². The average molecular weight is 260 g/mol. The van der Waals surface area contributed by atoms with E-state index in [2.05, 4.69) is 10.3 Å². The number of hydrogen-bond donors (Lipinski definition) is 2. The quantitative estimate of drug-likeness (QED) is 0.625. The molecule has 0 unspecified atom stereocenters. The standard InChI is InChI=1S/C10H14ClN3OS/c1-16-4-2-3-13-10(15)8-5-7(12)6-14-9(8)11/h5-6H,2-4,12H2,1H3,(H,13,15). The summed E-state index contributed by atoms with van der Waals surface area (Å²) in [5.74, 6) is 0.786. The number of nitrogens with zero attached hydrogens (tertiary/aromatic N) is 1. The fourth-order valence-corrected chi connectivity index (χ4v) is 1.76. The van der Waals surface area contributed by atoms with E-state index in [0.717, 1.165) is 12.2 Å². The minimum atomic E-state index is -0.231. The maximum Gasteiger partial charge on any atom is 0.254 e. The third kappa shape index (κ3) is 3.90. The fourth-order valence-electron chi connectivity index (χ4n) is 1.14. The van der Waals surface area contributed by atoms with Gasteiger partial charge in [-0.3, -0.25) is 4.79 Å². The third-order valence-corrected chi connectivity index (χ3v) is 2.91. The van der Waals surface area contributed by atoms with E-state index in [9.17, 15) is 4.79 Å². The summed E-state index contributed by atoms with van der Waals surface area (Å²) in [6.07, 6.45) is 4.38. The number of pyridine rings is 1. The Bertz CT molecular complexity index is 373. The van der Waals surface area contributed by atoms with Crippen molar-refractivity contribution in [2.75, 3.05) is 24.3 Å². The highest BCUT2D eigenvalue weighted by molar-refractivity contribution is 7.98. The zero-order valence-corrected chi connectivity index (χ0v) is 10.6. The van der Waals surface area contributed by atoms with Crippen LogP contribution in [0.15, 0.2) is 12.3 Å². The van der Waals surface area contributed by atoms with Crippen LogP contribution in [0.1, 0.15) is 16.8 Å². The molecule has 16 heavy (non-hydrogen) atoms. The SMILES string of the molecule is CSCCCNC(=O)c1cc(N)cnc1Cl. The number of nitrogens with one attached hydrogen (secondary N) is 1. The monoisotopic (exact) mass is 259 g/mol. The summed E-state index contributed by atoms with van der Waals surface area (Å²) in [5, 5.41) is 2.95. The molecule has 0 aliphatic heterocycles. The molecular formula is C10H14ClN3OS. The first-order valence-electron chi connectivity index (χ1n) is 4.83. The largest absolute Gasteiger partial charge is 0.397 e. The van der Waals surface area contributed by atoms with Gasteiger partial charge in [-0.05, 0) is 24.5 Å². The van der Waals surface area contributed by atoms with E-state index in [1.54, 1.807) is 11.8 Å². The lowest BCUT2D eigenvalue weighted by atomic mass is 10.2. The van der Waals surface area contributed by atoms with Crippen LogP contribution in [-0.4, -0.2) is 29.4 Å². The van der Waals surface area contributed by atoms with Crippen LogP contribution in [0.5, 0.6) is 0 Å². The topological polar surface area (TPSA) is 68.0 Å². The number of halogens is 1. The van der Waals surface area contributed by atoms with E-state index in [1.165, 1.54) is 12.3 Å². The van der Waals surface area contributed by atoms with E-state index < -0.39 is 0 Å².